The van der Waals surface area contributed by atoms with Gasteiger partial charge in [-0.05, 0) is 65.4 Å². The summed E-state index contributed by atoms with van der Waals surface area (Å²) in [5.74, 6) is -1.42. The van der Waals surface area contributed by atoms with E-state index in [-0.39, 0.29) is 17.2 Å². The maximum atomic E-state index is 13.0. The van der Waals surface area contributed by atoms with Gasteiger partial charge in [0.15, 0.2) is 0 Å². The molecule has 0 aliphatic carbocycles. The molecule has 2 N–H and O–H groups in total. The van der Waals surface area contributed by atoms with Crippen molar-refractivity contribution in [3.05, 3.63) is 107 Å². The van der Waals surface area contributed by atoms with Crippen LogP contribution in [0.3, 0.4) is 0 Å². The SMILES string of the molecule is COC(=O)c1ccc(NC(=O)c2ccc3ccccc3c2)c(NC(=O)c2ccc(C#N)cc2)c1. The van der Waals surface area contributed by atoms with Crippen molar-refractivity contribution in [3.8, 4) is 6.07 Å². The molecule has 2 amide bonds. The van der Waals surface area contributed by atoms with Crippen molar-refractivity contribution in [2.24, 2.45) is 0 Å². The zero-order chi connectivity index (χ0) is 24.1. The van der Waals surface area contributed by atoms with E-state index in [1.54, 1.807) is 12.1 Å². The van der Waals surface area contributed by atoms with Crippen LogP contribution in [0, 0.1) is 11.3 Å². The van der Waals surface area contributed by atoms with Gasteiger partial charge in [-0.2, -0.15) is 5.26 Å². The zero-order valence-electron chi connectivity index (χ0n) is 18.2. The van der Waals surface area contributed by atoms with Crippen LogP contribution in [0.2, 0.25) is 0 Å². The molecule has 0 aliphatic rings. The molecule has 0 bridgehead atoms. The molecule has 0 spiro atoms. The Morgan fingerprint density at radius 3 is 2.03 bits per heavy atom. The number of anilines is 2. The number of ether oxygens (including phenoxy) is 1. The highest BCUT2D eigenvalue weighted by Gasteiger charge is 2.16. The number of fused-ring (bicyclic) bond motifs is 1. The quantitative estimate of drug-likeness (QED) is 0.417. The standard InChI is InChI=1S/C27H19N3O4/c1-34-27(33)22-12-13-23(24(15-22)30-25(31)19-8-6-17(16-28)7-9-19)29-26(32)21-11-10-18-4-2-3-5-20(18)14-21/h2-15H,1H3,(H,29,32)(H,30,31). The third-order valence-electron chi connectivity index (χ3n) is 5.22. The van der Waals surface area contributed by atoms with Gasteiger partial charge in [0.25, 0.3) is 11.8 Å². The van der Waals surface area contributed by atoms with Crippen LogP contribution in [-0.2, 0) is 4.74 Å². The number of nitrogens with zero attached hydrogens (tertiary/aromatic N) is 1. The summed E-state index contributed by atoms with van der Waals surface area (Å²) in [6.45, 7) is 0. The predicted molar refractivity (Wildman–Crippen MR) is 129 cm³/mol. The summed E-state index contributed by atoms with van der Waals surface area (Å²) in [5.41, 5.74) is 1.93. The first-order valence-corrected chi connectivity index (χ1v) is 10.3. The van der Waals surface area contributed by atoms with Crippen molar-refractivity contribution in [2.45, 2.75) is 0 Å². The lowest BCUT2D eigenvalue weighted by Crippen LogP contribution is -2.17. The Morgan fingerprint density at radius 2 is 1.32 bits per heavy atom. The minimum atomic E-state index is -0.582. The van der Waals surface area contributed by atoms with E-state index in [4.69, 9.17) is 10.00 Å². The Hall–Kier alpha value is -4.96. The van der Waals surface area contributed by atoms with Crippen LogP contribution in [0.15, 0.2) is 84.9 Å². The first-order valence-electron chi connectivity index (χ1n) is 10.3. The monoisotopic (exact) mass is 449 g/mol. The molecular weight excluding hydrogens is 430 g/mol. The molecular formula is C27H19N3O4. The van der Waals surface area contributed by atoms with Crippen LogP contribution in [0.1, 0.15) is 36.6 Å². The molecule has 0 heterocycles. The third-order valence-corrected chi connectivity index (χ3v) is 5.22. The van der Waals surface area contributed by atoms with Gasteiger partial charge in [-0.15, -0.1) is 0 Å². The molecule has 7 nitrogen and oxygen atoms in total. The van der Waals surface area contributed by atoms with E-state index < -0.39 is 11.9 Å². The fraction of sp³-hybridized carbons (Fsp3) is 0.0370. The van der Waals surface area contributed by atoms with E-state index >= 15 is 0 Å². The molecule has 4 rings (SSSR count). The van der Waals surface area contributed by atoms with Crippen molar-refractivity contribution < 1.29 is 19.1 Å². The molecule has 0 radical (unpaired) electrons. The first-order chi connectivity index (χ1) is 16.5. The largest absolute Gasteiger partial charge is 0.465 e. The van der Waals surface area contributed by atoms with Gasteiger partial charge in [0.2, 0.25) is 0 Å². The highest BCUT2D eigenvalue weighted by molar-refractivity contribution is 6.11. The number of carbonyl (C=O) groups excluding carboxylic acids is 3. The Bertz CT molecular complexity index is 1450. The molecule has 34 heavy (non-hydrogen) atoms. The number of esters is 1. The molecule has 0 fully saturated rings. The maximum Gasteiger partial charge on any atom is 0.337 e. The molecule has 7 heteroatoms. The number of hydrogen-bond acceptors (Lipinski definition) is 5. The number of benzene rings is 4. The summed E-state index contributed by atoms with van der Waals surface area (Å²) in [7, 11) is 1.26. The minimum Gasteiger partial charge on any atom is -0.465 e. The number of nitriles is 1. The van der Waals surface area contributed by atoms with Crippen molar-refractivity contribution in [2.75, 3.05) is 17.7 Å². The Kier molecular flexibility index (Phi) is 6.33. The number of rotatable bonds is 5. The van der Waals surface area contributed by atoms with Crippen LogP contribution >= 0.6 is 0 Å². The molecule has 0 saturated carbocycles. The zero-order valence-corrected chi connectivity index (χ0v) is 18.2. The van der Waals surface area contributed by atoms with E-state index in [1.807, 2.05) is 36.4 Å². The first kappa shape index (κ1) is 22.2. The Labute approximate surface area is 195 Å². The van der Waals surface area contributed by atoms with Crippen LogP contribution in [-0.4, -0.2) is 24.9 Å². The average Bonchev–Trinajstić information content (AvgIpc) is 2.88. The molecule has 0 aliphatic heterocycles. The summed E-state index contributed by atoms with van der Waals surface area (Å²) in [4.78, 5) is 37.8. The lowest BCUT2D eigenvalue weighted by molar-refractivity contribution is 0.0600. The molecule has 166 valence electrons. The van der Waals surface area contributed by atoms with Gasteiger partial charge in [0.1, 0.15) is 0 Å². The lowest BCUT2D eigenvalue weighted by atomic mass is 10.1. The number of nitrogens with one attached hydrogen (secondary N) is 2. The predicted octanol–water partition coefficient (Wildman–Crippen LogP) is 5.00. The second-order valence-electron chi connectivity index (χ2n) is 7.41. The Morgan fingerprint density at radius 1 is 0.706 bits per heavy atom. The van der Waals surface area contributed by atoms with E-state index in [1.165, 1.54) is 49.6 Å². The summed E-state index contributed by atoms with van der Waals surface area (Å²) in [6, 6.07) is 25.6. The molecule has 0 atom stereocenters. The van der Waals surface area contributed by atoms with Gasteiger partial charge in [0, 0.05) is 11.1 Å². The third kappa shape index (κ3) is 4.76. The van der Waals surface area contributed by atoms with E-state index in [0.717, 1.165) is 10.8 Å². The van der Waals surface area contributed by atoms with Crippen LogP contribution in [0.5, 0.6) is 0 Å². The second-order valence-corrected chi connectivity index (χ2v) is 7.41. The van der Waals surface area contributed by atoms with Crippen molar-refractivity contribution in [1.82, 2.24) is 0 Å². The van der Waals surface area contributed by atoms with Gasteiger partial charge in [0.05, 0.1) is 35.7 Å². The van der Waals surface area contributed by atoms with Gasteiger partial charge in [-0.1, -0.05) is 30.3 Å². The molecule has 0 aromatic heterocycles. The topological polar surface area (TPSA) is 108 Å². The van der Waals surface area contributed by atoms with Crippen molar-refractivity contribution >= 4 is 39.9 Å². The summed E-state index contributed by atoms with van der Waals surface area (Å²) >= 11 is 0. The normalized spacial score (nSPS) is 10.2. The van der Waals surface area contributed by atoms with Gasteiger partial charge >= 0.3 is 5.97 Å². The average molecular weight is 449 g/mol. The maximum absolute atomic E-state index is 13.0. The number of carbonyl (C=O) groups is 3. The van der Waals surface area contributed by atoms with Gasteiger partial charge in [-0.3, -0.25) is 9.59 Å². The molecule has 0 unspecified atom stereocenters. The molecule has 4 aromatic rings. The smallest absolute Gasteiger partial charge is 0.337 e. The van der Waals surface area contributed by atoms with Crippen LogP contribution < -0.4 is 10.6 Å². The fourth-order valence-electron chi connectivity index (χ4n) is 3.42. The van der Waals surface area contributed by atoms with Gasteiger partial charge < -0.3 is 15.4 Å². The number of hydrogen-bond donors (Lipinski definition) is 2. The van der Waals surface area contributed by atoms with E-state index in [9.17, 15) is 14.4 Å². The van der Waals surface area contributed by atoms with Crippen molar-refractivity contribution in [3.63, 3.8) is 0 Å². The second kappa shape index (κ2) is 9.67. The fourth-order valence-corrected chi connectivity index (χ4v) is 3.42. The highest BCUT2D eigenvalue weighted by atomic mass is 16.5. The molecule has 0 saturated heterocycles. The summed E-state index contributed by atoms with van der Waals surface area (Å²) < 4.78 is 4.77. The van der Waals surface area contributed by atoms with E-state index in [0.29, 0.717) is 22.4 Å². The minimum absolute atomic E-state index is 0.210. The van der Waals surface area contributed by atoms with Crippen LogP contribution in [0.25, 0.3) is 10.8 Å². The number of methoxy groups -OCH3 is 1. The van der Waals surface area contributed by atoms with Crippen molar-refractivity contribution in [1.29, 1.82) is 5.26 Å². The summed E-state index contributed by atoms with van der Waals surface area (Å²) in [6.07, 6.45) is 0. The lowest BCUT2D eigenvalue weighted by Gasteiger charge is -2.14. The highest BCUT2D eigenvalue weighted by Crippen LogP contribution is 2.26. The summed E-state index contributed by atoms with van der Waals surface area (Å²) in [5, 5.41) is 16.4. The Balaban J connectivity index is 1.63. The number of amides is 2. The van der Waals surface area contributed by atoms with Crippen LogP contribution in [0.4, 0.5) is 11.4 Å². The van der Waals surface area contributed by atoms with E-state index in [2.05, 4.69) is 10.6 Å². The van der Waals surface area contributed by atoms with Gasteiger partial charge in [-0.25, -0.2) is 4.79 Å². The molecule has 4 aromatic carbocycles.